The summed E-state index contributed by atoms with van der Waals surface area (Å²) in [6, 6.07) is 7.25. The molecule has 0 radical (unpaired) electrons. The SMILES string of the molecule is COc1cc(C=C(C#N)C#N)cc(I)c1OC(C)C. The van der Waals surface area contributed by atoms with Crippen molar-refractivity contribution < 1.29 is 9.47 Å². The van der Waals surface area contributed by atoms with E-state index in [1.165, 1.54) is 6.08 Å². The summed E-state index contributed by atoms with van der Waals surface area (Å²) in [4.78, 5) is 0. The molecule has 0 heterocycles. The Morgan fingerprint density at radius 2 is 1.95 bits per heavy atom. The van der Waals surface area contributed by atoms with E-state index in [2.05, 4.69) is 22.6 Å². The summed E-state index contributed by atoms with van der Waals surface area (Å²) in [5.41, 5.74) is 0.783. The van der Waals surface area contributed by atoms with Gasteiger partial charge in [-0.05, 0) is 60.2 Å². The number of allylic oxidation sites excluding steroid dienone is 1. The van der Waals surface area contributed by atoms with Crippen LogP contribution in [0.25, 0.3) is 6.08 Å². The number of nitriles is 2. The average Bonchev–Trinajstić information content (AvgIpc) is 2.38. The monoisotopic (exact) mass is 368 g/mol. The Balaban J connectivity index is 3.29. The summed E-state index contributed by atoms with van der Waals surface area (Å²) in [5.74, 6) is 1.26. The lowest BCUT2D eigenvalue weighted by atomic mass is 10.1. The van der Waals surface area contributed by atoms with Crippen LogP contribution in [0.4, 0.5) is 0 Å². The molecule has 0 saturated heterocycles. The van der Waals surface area contributed by atoms with Crippen LogP contribution in [0.1, 0.15) is 19.4 Å². The summed E-state index contributed by atoms with van der Waals surface area (Å²) in [7, 11) is 1.56. The van der Waals surface area contributed by atoms with Gasteiger partial charge in [0.15, 0.2) is 11.5 Å². The van der Waals surface area contributed by atoms with Crippen molar-refractivity contribution in [1.29, 1.82) is 10.5 Å². The third-order valence-corrected chi connectivity index (χ3v) is 2.96. The second kappa shape index (κ2) is 7.01. The standard InChI is InChI=1S/C14H13IN2O2/c1-9(2)19-14-12(15)5-10(6-13(14)18-3)4-11(7-16)8-17/h4-6,9H,1-3H3. The fraction of sp³-hybridized carbons (Fsp3) is 0.286. The molecule has 0 saturated carbocycles. The van der Waals surface area contributed by atoms with Crippen LogP contribution in [0.5, 0.6) is 11.5 Å². The Labute approximate surface area is 126 Å². The van der Waals surface area contributed by atoms with Gasteiger partial charge in [0.25, 0.3) is 0 Å². The zero-order chi connectivity index (χ0) is 14.4. The first-order valence-corrected chi connectivity index (χ1v) is 6.65. The van der Waals surface area contributed by atoms with E-state index in [0.717, 1.165) is 9.13 Å². The zero-order valence-electron chi connectivity index (χ0n) is 10.9. The van der Waals surface area contributed by atoms with Gasteiger partial charge in [-0.25, -0.2) is 0 Å². The maximum atomic E-state index is 8.76. The lowest BCUT2D eigenvalue weighted by molar-refractivity contribution is 0.228. The fourth-order valence-electron chi connectivity index (χ4n) is 1.43. The van der Waals surface area contributed by atoms with Crippen molar-refractivity contribution in [2.75, 3.05) is 7.11 Å². The molecule has 1 aromatic rings. The molecule has 1 rings (SSSR count). The van der Waals surface area contributed by atoms with Gasteiger partial charge in [0.05, 0.1) is 16.8 Å². The molecule has 5 heteroatoms. The topological polar surface area (TPSA) is 66.0 Å². The maximum absolute atomic E-state index is 8.76. The first-order valence-electron chi connectivity index (χ1n) is 5.58. The summed E-state index contributed by atoms with van der Waals surface area (Å²) in [6.45, 7) is 3.87. The minimum Gasteiger partial charge on any atom is -0.493 e. The van der Waals surface area contributed by atoms with Gasteiger partial charge in [0.1, 0.15) is 17.7 Å². The predicted molar refractivity (Wildman–Crippen MR) is 80.7 cm³/mol. The molecule has 0 spiro atoms. The van der Waals surface area contributed by atoms with Gasteiger partial charge >= 0.3 is 0 Å². The molecule has 0 aliphatic carbocycles. The quantitative estimate of drug-likeness (QED) is 0.603. The highest BCUT2D eigenvalue weighted by Crippen LogP contribution is 2.35. The molecular weight excluding hydrogens is 355 g/mol. The Hall–Kier alpha value is -1.73. The molecular formula is C14H13IN2O2. The van der Waals surface area contributed by atoms with Gasteiger partial charge in [0.2, 0.25) is 0 Å². The number of halogens is 1. The number of nitrogens with zero attached hydrogens (tertiary/aromatic N) is 2. The highest BCUT2D eigenvalue weighted by Gasteiger charge is 2.12. The number of methoxy groups -OCH3 is 1. The lowest BCUT2D eigenvalue weighted by Crippen LogP contribution is -2.08. The molecule has 0 N–H and O–H groups in total. The number of rotatable bonds is 4. The van der Waals surface area contributed by atoms with Crippen molar-refractivity contribution in [2.24, 2.45) is 0 Å². The van der Waals surface area contributed by atoms with Crippen LogP contribution in [0, 0.1) is 26.2 Å². The van der Waals surface area contributed by atoms with Gasteiger partial charge in [-0.2, -0.15) is 10.5 Å². The van der Waals surface area contributed by atoms with Crippen molar-refractivity contribution >= 4 is 28.7 Å². The number of benzene rings is 1. The Bertz CT molecular complexity index is 564. The van der Waals surface area contributed by atoms with Crippen molar-refractivity contribution in [3.05, 3.63) is 26.8 Å². The molecule has 98 valence electrons. The van der Waals surface area contributed by atoms with Crippen LogP contribution >= 0.6 is 22.6 Å². The van der Waals surface area contributed by atoms with E-state index >= 15 is 0 Å². The zero-order valence-corrected chi connectivity index (χ0v) is 13.1. The summed E-state index contributed by atoms with van der Waals surface area (Å²) in [6.07, 6.45) is 1.56. The first kappa shape index (κ1) is 15.3. The first-order chi connectivity index (χ1) is 9.01. The average molecular weight is 368 g/mol. The molecule has 0 bridgehead atoms. The number of hydrogen-bond acceptors (Lipinski definition) is 4. The summed E-state index contributed by atoms with van der Waals surface area (Å²) < 4.78 is 11.9. The summed E-state index contributed by atoms with van der Waals surface area (Å²) >= 11 is 2.14. The second-order valence-electron chi connectivity index (χ2n) is 3.98. The molecule has 0 fully saturated rings. The van der Waals surface area contributed by atoms with Crippen molar-refractivity contribution in [3.63, 3.8) is 0 Å². The van der Waals surface area contributed by atoms with Gasteiger partial charge in [-0.1, -0.05) is 0 Å². The van der Waals surface area contributed by atoms with Crippen LogP contribution in [-0.2, 0) is 0 Å². The van der Waals surface area contributed by atoms with E-state index in [9.17, 15) is 0 Å². The van der Waals surface area contributed by atoms with E-state index in [1.54, 1.807) is 13.2 Å². The highest BCUT2D eigenvalue weighted by molar-refractivity contribution is 14.1. The van der Waals surface area contributed by atoms with Gasteiger partial charge < -0.3 is 9.47 Å². The van der Waals surface area contributed by atoms with Gasteiger partial charge in [-0.3, -0.25) is 0 Å². The van der Waals surface area contributed by atoms with Gasteiger partial charge in [-0.15, -0.1) is 0 Å². The number of ether oxygens (including phenoxy) is 2. The predicted octanol–water partition coefficient (Wildman–Crippen LogP) is 3.52. The maximum Gasteiger partial charge on any atom is 0.174 e. The molecule has 0 atom stereocenters. The van der Waals surface area contributed by atoms with Crippen molar-refractivity contribution in [3.8, 4) is 23.6 Å². The molecule has 4 nitrogen and oxygen atoms in total. The minimum atomic E-state index is 0.0394. The van der Waals surface area contributed by atoms with Crippen LogP contribution in [0.15, 0.2) is 17.7 Å². The molecule has 1 aromatic carbocycles. The second-order valence-corrected chi connectivity index (χ2v) is 5.14. The Morgan fingerprint density at radius 3 is 2.42 bits per heavy atom. The lowest BCUT2D eigenvalue weighted by Gasteiger charge is -2.15. The van der Waals surface area contributed by atoms with E-state index in [4.69, 9.17) is 20.0 Å². The Morgan fingerprint density at radius 1 is 1.32 bits per heavy atom. The van der Waals surface area contributed by atoms with Gasteiger partial charge in [0, 0.05) is 0 Å². The molecule has 19 heavy (non-hydrogen) atoms. The highest BCUT2D eigenvalue weighted by atomic mass is 127. The fourth-order valence-corrected chi connectivity index (χ4v) is 2.18. The van der Waals surface area contributed by atoms with Crippen molar-refractivity contribution in [1.82, 2.24) is 0 Å². The molecule has 0 unspecified atom stereocenters. The van der Waals surface area contributed by atoms with E-state index < -0.39 is 0 Å². The third-order valence-electron chi connectivity index (χ3n) is 2.16. The molecule has 0 amide bonds. The van der Waals surface area contributed by atoms with Crippen LogP contribution in [0.2, 0.25) is 0 Å². The van der Waals surface area contributed by atoms with E-state index in [1.807, 2.05) is 32.1 Å². The normalized spacial score (nSPS) is 9.42. The van der Waals surface area contributed by atoms with Crippen LogP contribution in [-0.4, -0.2) is 13.2 Å². The molecule has 0 aromatic heterocycles. The number of hydrogen-bond donors (Lipinski definition) is 0. The minimum absolute atomic E-state index is 0.0394. The third kappa shape index (κ3) is 4.15. The largest absolute Gasteiger partial charge is 0.493 e. The Kier molecular flexibility index (Phi) is 5.65. The van der Waals surface area contributed by atoms with Crippen LogP contribution < -0.4 is 9.47 Å². The molecule has 0 aliphatic heterocycles. The van der Waals surface area contributed by atoms with Crippen molar-refractivity contribution in [2.45, 2.75) is 20.0 Å². The molecule has 0 aliphatic rings. The van der Waals surface area contributed by atoms with E-state index in [-0.39, 0.29) is 11.7 Å². The van der Waals surface area contributed by atoms with Crippen LogP contribution in [0.3, 0.4) is 0 Å². The van der Waals surface area contributed by atoms with E-state index in [0.29, 0.717) is 11.5 Å². The smallest absolute Gasteiger partial charge is 0.174 e. The summed E-state index contributed by atoms with van der Waals surface area (Å²) in [5, 5.41) is 17.5.